The van der Waals surface area contributed by atoms with E-state index in [0.29, 0.717) is 0 Å². The molecule has 15 heavy (non-hydrogen) atoms. The van der Waals surface area contributed by atoms with Gasteiger partial charge in [0.2, 0.25) is 0 Å². The molecule has 0 aromatic carbocycles. The van der Waals surface area contributed by atoms with Crippen molar-refractivity contribution >= 4 is 73.6 Å². The Morgan fingerprint density at radius 1 is 0.533 bits per heavy atom. The molecular weight excluding hydrogens is 293 g/mol. The summed E-state index contributed by atoms with van der Waals surface area (Å²) in [6, 6.07) is 0. The average Bonchev–Trinajstić information content (AvgIpc) is 1.54. The van der Waals surface area contributed by atoms with Crippen LogP contribution in [0, 0.1) is 0 Å². The summed E-state index contributed by atoms with van der Waals surface area (Å²) in [4.78, 5) is 42.9. The summed E-state index contributed by atoms with van der Waals surface area (Å²) in [5.41, 5.74) is 0. The Bertz CT molecular complexity index is 116. The van der Waals surface area contributed by atoms with Gasteiger partial charge in [-0.25, -0.2) is 0 Å². The molecule has 0 saturated carbocycles. The molecule has 8 N–H and O–H groups in total. The van der Waals surface area contributed by atoms with E-state index in [4.69, 9.17) is 42.2 Å². The fraction of sp³-hybridized carbons (Fsp3) is 0. The molecule has 15 heteroatoms. The highest BCUT2D eigenvalue weighted by Crippen LogP contribution is 1.27. The smallest absolute Gasteiger partial charge is 0.511 e. The van der Waals surface area contributed by atoms with Gasteiger partial charge in [-0.1, -0.05) is 0 Å². The SMILES string of the molecule is O.O=[Si](O)O.O=[Si](O)O.O=[Si](O)O.[MgH2].[MgH2]. The molecule has 0 aliphatic carbocycles. The van der Waals surface area contributed by atoms with Gasteiger partial charge < -0.3 is 34.3 Å². The summed E-state index contributed by atoms with van der Waals surface area (Å²) in [5, 5.41) is 0. The molecule has 0 heterocycles. The number of hydrogen-bond donors (Lipinski definition) is 6. The molecule has 0 rings (SSSR count). The van der Waals surface area contributed by atoms with Crippen LogP contribution in [0.2, 0.25) is 0 Å². The van der Waals surface area contributed by atoms with E-state index in [0.717, 1.165) is 0 Å². The van der Waals surface area contributed by atoms with E-state index >= 15 is 0 Å². The zero-order chi connectivity index (χ0) is 10.7. The van der Waals surface area contributed by atoms with E-state index < -0.39 is 27.5 Å². The van der Waals surface area contributed by atoms with Gasteiger partial charge in [-0.05, 0) is 0 Å². The van der Waals surface area contributed by atoms with Crippen molar-refractivity contribution in [2.45, 2.75) is 0 Å². The van der Waals surface area contributed by atoms with Crippen molar-refractivity contribution in [2.75, 3.05) is 0 Å². The molecule has 0 aliphatic rings. The first kappa shape index (κ1) is 36.2. The first-order valence-electron chi connectivity index (χ1n) is 1.95. The highest BCUT2D eigenvalue weighted by Gasteiger charge is 1.85. The maximum atomic E-state index is 8.74. The van der Waals surface area contributed by atoms with Gasteiger partial charge in [0.15, 0.2) is 0 Å². The lowest BCUT2D eigenvalue weighted by Gasteiger charge is -1.55. The third-order valence-corrected chi connectivity index (χ3v) is 0. The van der Waals surface area contributed by atoms with E-state index in [2.05, 4.69) is 0 Å². The Morgan fingerprint density at radius 3 is 0.533 bits per heavy atom. The average molecular weight is 305 g/mol. The molecule has 10 nitrogen and oxygen atoms in total. The van der Waals surface area contributed by atoms with Crippen LogP contribution >= 0.6 is 0 Å². The van der Waals surface area contributed by atoms with Crippen molar-refractivity contribution in [3.8, 4) is 0 Å². The van der Waals surface area contributed by atoms with Crippen LogP contribution in [-0.2, 0) is 13.4 Å². The zero-order valence-corrected chi connectivity index (χ0v) is 8.91. The van der Waals surface area contributed by atoms with Gasteiger partial charge >= 0.3 is 73.6 Å². The summed E-state index contributed by atoms with van der Waals surface area (Å²) in [5.74, 6) is 0. The van der Waals surface area contributed by atoms with Crippen LogP contribution in [-0.4, -0.2) is 108 Å². The molecule has 0 aromatic heterocycles. The Balaban J connectivity index is -0.0000000184. The molecule has 0 atom stereocenters. The van der Waals surface area contributed by atoms with Crippen LogP contribution < -0.4 is 0 Å². The van der Waals surface area contributed by atoms with E-state index in [1.807, 2.05) is 0 Å². The Kier molecular flexibility index (Phi) is 70.5. The second-order valence-corrected chi connectivity index (χ2v) is 2.54. The number of rotatable bonds is 0. The van der Waals surface area contributed by atoms with E-state index in [-0.39, 0.29) is 51.6 Å². The normalized spacial score (nSPS) is 4.80. The lowest BCUT2D eigenvalue weighted by molar-refractivity contribution is 0.328. The molecule has 0 aliphatic heterocycles. The topological polar surface area (TPSA) is 204 Å². The Morgan fingerprint density at radius 2 is 0.533 bits per heavy atom. The van der Waals surface area contributed by atoms with Crippen molar-refractivity contribution in [1.82, 2.24) is 0 Å². The van der Waals surface area contributed by atoms with Crippen LogP contribution in [0.3, 0.4) is 0 Å². The molecule has 0 fully saturated rings. The molecule has 88 valence electrons. The highest BCUT2D eigenvalue weighted by molar-refractivity contribution is 6.22. The molecule has 0 bridgehead atoms. The van der Waals surface area contributed by atoms with Crippen LogP contribution in [0.4, 0.5) is 0 Å². The quantitative estimate of drug-likeness (QED) is 0.235. The van der Waals surface area contributed by atoms with Crippen LogP contribution in [0.15, 0.2) is 0 Å². The van der Waals surface area contributed by atoms with Crippen LogP contribution in [0.5, 0.6) is 0 Å². The molecule has 0 saturated heterocycles. The predicted molar refractivity (Wildman–Crippen MR) is 53.3 cm³/mol. The molecule has 0 radical (unpaired) electrons. The largest absolute Gasteiger partial charge is 0.761 e. The van der Waals surface area contributed by atoms with Gasteiger partial charge in [0, 0.05) is 0 Å². The monoisotopic (exact) mass is 304 g/mol. The second-order valence-electron chi connectivity index (χ2n) is 0.848. The molecule has 0 amide bonds. The zero-order valence-electron chi connectivity index (χ0n) is 5.91. The van der Waals surface area contributed by atoms with Gasteiger partial charge in [-0.3, -0.25) is 13.4 Å². The summed E-state index contributed by atoms with van der Waals surface area (Å²) < 4.78 is 26.2. The fourth-order valence-electron chi connectivity index (χ4n) is 0. The Hall–Kier alpha value is 0.343. The van der Waals surface area contributed by atoms with Crippen molar-refractivity contribution in [3.63, 3.8) is 0 Å². The summed E-state index contributed by atoms with van der Waals surface area (Å²) in [6.45, 7) is 0. The van der Waals surface area contributed by atoms with Gasteiger partial charge in [0.05, 0.1) is 0 Å². The lowest BCUT2D eigenvalue weighted by Crippen LogP contribution is -1.90. The molecule has 0 aromatic rings. The highest BCUT2D eigenvalue weighted by atomic mass is 28.3. The Labute approximate surface area is 121 Å². The minimum atomic E-state index is -3.13. The lowest BCUT2D eigenvalue weighted by atomic mass is 15.8. The maximum Gasteiger partial charge on any atom is 0.761 e. The minimum absolute atomic E-state index is 0. The van der Waals surface area contributed by atoms with Gasteiger partial charge in [0.1, 0.15) is 0 Å². The third-order valence-electron chi connectivity index (χ3n) is 0. The first-order chi connectivity index (χ1) is 5.20. The summed E-state index contributed by atoms with van der Waals surface area (Å²) >= 11 is 0. The fourth-order valence-corrected chi connectivity index (χ4v) is 0. The van der Waals surface area contributed by atoms with Crippen molar-refractivity contribution < 1.29 is 47.6 Å². The predicted octanol–water partition coefficient (Wildman–Crippen LogP) is -7.50. The van der Waals surface area contributed by atoms with Crippen LogP contribution in [0.1, 0.15) is 0 Å². The van der Waals surface area contributed by atoms with E-state index in [1.54, 1.807) is 0 Å². The summed E-state index contributed by atoms with van der Waals surface area (Å²) in [7, 11) is -9.39. The maximum absolute atomic E-state index is 8.74. The summed E-state index contributed by atoms with van der Waals surface area (Å²) in [6.07, 6.45) is 0. The molecule has 0 spiro atoms. The van der Waals surface area contributed by atoms with Gasteiger partial charge in [-0.2, -0.15) is 0 Å². The molecule has 0 unspecified atom stereocenters. The number of hydrogen-bond acceptors (Lipinski definition) is 3. The second kappa shape index (κ2) is 29.3. The van der Waals surface area contributed by atoms with Crippen LogP contribution in [0.25, 0.3) is 0 Å². The standard InChI is InChI=1S/2Mg.3H2O3Si.H2O.4H/c;;3*1-4(2)3;;;;;/h;;3*1-2H;1H2;;;;. The van der Waals surface area contributed by atoms with Gasteiger partial charge in [0.25, 0.3) is 0 Å². The van der Waals surface area contributed by atoms with E-state index in [1.165, 1.54) is 0 Å². The minimum Gasteiger partial charge on any atom is -0.511 e. The van der Waals surface area contributed by atoms with Crippen molar-refractivity contribution in [1.29, 1.82) is 0 Å². The van der Waals surface area contributed by atoms with Crippen molar-refractivity contribution in [3.05, 3.63) is 0 Å². The van der Waals surface area contributed by atoms with Gasteiger partial charge in [-0.15, -0.1) is 0 Å². The molecular formula is H12Mg2O10Si3. The van der Waals surface area contributed by atoms with E-state index in [9.17, 15) is 0 Å². The first-order valence-corrected chi connectivity index (χ1v) is 5.86. The van der Waals surface area contributed by atoms with Crippen molar-refractivity contribution in [2.24, 2.45) is 0 Å². The third kappa shape index (κ3) is 18600.